The summed E-state index contributed by atoms with van der Waals surface area (Å²) in [4.78, 5) is 17.0. The van der Waals surface area contributed by atoms with Gasteiger partial charge in [0.25, 0.3) is 5.91 Å². The predicted octanol–water partition coefficient (Wildman–Crippen LogP) is 3.58. The molecule has 0 unspecified atom stereocenters. The Morgan fingerprint density at radius 2 is 2.07 bits per heavy atom. The summed E-state index contributed by atoms with van der Waals surface area (Å²) < 4.78 is 7.10. The van der Waals surface area contributed by atoms with Gasteiger partial charge in [0, 0.05) is 17.4 Å². The summed E-state index contributed by atoms with van der Waals surface area (Å²) >= 11 is 1.37. The van der Waals surface area contributed by atoms with Crippen molar-refractivity contribution in [2.75, 3.05) is 11.9 Å². The van der Waals surface area contributed by atoms with Crippen LogP contribution in [-0.2, 0) is 6.42 Å². The Hall–Kier alpha value is -3.52. The van der Waals surface area contributed by atoms with E-state index in [-0.39, 0.29) is 11.6 Å². The molecule has 4 aromatic rings. The molecule has 5 rings (SSSR count). The van der Waals surface area contributed by atoms with Crippen LogP contribution in [0.3, 0.4) is 0 Å². The van der Waals surface area contributed by atoms with Crippen LogP contribution in [0, 0.1) is 0 Å². The lowest BCUT2D eigenvalue weighted by Gasteiger charge is -2.01. The van der Waals surface area contributed by atoms with Crippen LogP contribution in [0.15, 0.2) is 60.1 Å². The highest BCUT2D eigenvalue weighted by Gasteiger charge is 2.16. The van der Waals surface area contributed by atoms with Gasteiger partial charge in [0.1, 0.15) is 5.75 Å². The van der Waals surface area contributed by atoms with Crippen molar-refractivity contribution in [1.82, 2.24) is 20.0 Å². The van der Waals surface area contributed by atoms with Crippen molar-refractivity contribution in [3.63, 3.8) is 0 Å². The second-order valence-corrected chi connectivity index (χ2v) is 7.15. The summed E-state index contributed by atoms with van der Waals surface area (Å²) in [5.74, 6) is 0.597. The van der Waals surface area contributed by atoms with E-state index in [2.05, 4.69) is 26.7 Å². The lowest BCUT2D eigenvalue weighted by Crippen LogP contribution is -2.12. The lowest BCUT2D eigenvalue weighted by atomic mass is 10.1. The van der Waals surface area contributed by atoms with Crippen LogP contribution in [0.4, 0.5) is 5.13 Å². The summed E-state index contributed by atoms with van der Waals surface area (Å²) in [6.07, 6.45) is 2.51. The Kier molecular flexibility index (Phi) is 4.10. The third-order valence-corrected chi connectivity index (χ3v) is 5.21. The monoisotopic (exact) mass is 389 g/mol. The molecule has 2 aromatic carbocycles. The van der Waals surface area contributed by atoms with E-state index in [1.807, 2.05) is 47.8 Å². The van der Waals surface area contributed by atoms with Gasteiger partial charge in [0.15, 0.2) is 10.8 Å². The molecule has 3 heterocycles. The highest BCUT2D eigenvalue weighted by atomic mass is 32.1. The van der Waals surface area contributed by atoms with E-state index >= 15 is 0 Å². The zero-order valence-electron chi connectivity index (χ0n) is 14.7. The Morgan fingerprint density at radius 1 is 1.18 bits per heavy atom. The molecule has 0 saturated heterocycles. The average Bonchev–Trinajstić information content (AvgIpc) is 3.48. The molecule has 0 bridgehead atoms. The minimum atomic E-state index is -0.342. The molecule has 0 fully saturated rings. The van der Waals surface area contributed by atoms with Gasteiger partial charge in [0.05, 0.1) is 24.2 Å². The van der Waals surface area contributed by atoms with E-state index in [1.54, 1.807) is 10.9 Å². The Balaban J connectivity index is 1.32. The molecule has 8 heteroatoms. The van der Waals surface area contributed by atoms with E-state index in [1.165, 1.54) is 16.9 Å². The molecular formula is C20H15N5O2S. The van der Waals surface area contributed by atoms with E-state index in [0.717, 1.165) is 35.7 Å². The number of nitrogens with zero attached hydrogens (tertiary/aromatic N) is 4. The van der Waals surface area contributed by atoms with Crippen molar-refractivity contribution in [3.8, 4) is 22.7 Å². The Bertz CT molecular complexity index is 1150. The molecule has 0 radical (unpaired) electrons. The Morgan fingerprint density at radius 3 is 2.96 bits per heavy atom. The predicted molar refractivity (Wildman–Crippen MR) is 106 cm³/mol. The van der Waals surface area contributed by atoms with Crippen molar-refractivity contribution in [2.24, 2.45) is 0 Å². The number of rotatable bonds is 4. The first-order valence-electron chi connectivity index (χ1n) is 8.77. The third kappa shape index (κ3) is 3.14. The first kappa shape index (κ1) is 16.6. The minimum Gasteiger partial charge on any atom is -0.493 e. The van der Waals surface area contributed by atoms with Crippen LogP contribution < -0.4 is 10.1 Å². The number of carbonyl (C=O) groups is 1. The van der Waals surface area contributed by atoms with Crippen molar-refractivity contribution in [3.05, 3.63) is 71.4 Å². The SMILES string of the molecule is O=C(Nc1nc(-c2ccc3c(c2)CCO3)cs1)c1cn(-c2ccccc2)nn1. The highest BCUT2D eigenvalue weighted by Crippen LogP contribution is 2.32. The Labute approximate surface area is 164 Å². The summed E-state index contributed by atoms with van der Waals surface area (Å²) in [6.45, 7) is 0.723. The van der Waals surface area contributed by atoms with Gasteiger partial charge in [-0.1, -0.05) is 23.4 Å². The molecule has 2 aromatic heterocycles. The number of nitrogens with one attached hydrogen (secondary N) is 1. The number of anilines is 1. The van der Waals surface area contributed by atoms with Gasteiger partial charge >= 0.3 is 0 Å². The van der Waals surface area contributed by atoms with Crippen LogP contribution in [0.5, 0.6) is 5.75 Å². The average molecular weight is 389 g/mol. The highest BCUT2D eigenvalue weighted by molar-refractivity contribution is 7.14. The number of thiazole rings is 1. The maximum atomic E-state index is 12.5. The van der Waals surface area contributed by atoms with Crippen molar-refractivity contribution in [2.45, 2.75) is 6.42 Å². The molecule has 1 N–H and O–H groups in total. The van der Waals surface area contributed by atoms with Crippen LogP contribution in [0.25, 0.3) is 16.9 Å². The van der Waals surface area contributed by atoms with Gasteiger partial charge in [-0.15, -0.1) is 16.4 Å². The maximum absolute atomic E-state index is 12.5. The number of amides is 1. The lowest BCUT2D eigenvalue weighted by molar-refractivity contribution is 0.102. The fraction of sp³-hybridized carbons (Fsp3) is 0.100. The van der Waals surface area contributed by atoms with Gasteiger partial charge < -0.3 is 4.74 Å². The van der Waals surface area contributed by atoms with Crippen molar-refractivity contribution >= 4 is 22.4 Å². The normalized spacial score (nSPS) is 12.4. The topological polar surface area (TPSA) is 81.9 Å². The molecule has 28 heavy (non-hydrogen) atoms. The van der Waals surface area contributed by atoms with E-state index < -0.39 is 0 Å². The molecule has 138 valence electrons. The van der Waals surface area contributed by atoms with E-state index in [9.17, 15) is 4.79 Å². The molecule has 0 saturated carbocycles. The molecule has 1 aliphatic rings. The van der Waals surface area contributed by atoms with Crippen LogP contribution in [-0.4, -0.2) is 32.5 Å². The second kappa shape index (κ2) is 6.90. The smallest absolute Gasteiger partial charge is 0.279 e. The molecular weight excluding hydrogens is 374 g/mol. The zero-order chi connectivity index (χ0) is 18.9. The van der Waals surface area contributed by atoms with Gasteiger partial charge in [0.2, 0.25) is 0 Å². The second-order valence-electron chi connectivity index (χ2n) is 6.30. The quantitative estimate of drug-likeness (QED) is 0.577. The molecule has 1 amide bonds. The van der Waals surface area contributed by atoms with Crippen LogP contribution >= 0.6 is 11.3 Å². The zero-order valence-corrected chi connectivity index (χ0v) is 15.5. The van der Waals surface area contributed by atoms with E-state index in [0.29, 0.717) is 5.13 Å². The molecule has 0 aliphatic carbocycles. The first-order valence-corrected chi connectivity index (χ1v) is 9.65. The first-order chi connectivity index (χ1) is 13.8. The number of hydrogen-bond donors (Lipinski definition) is 1. The van der Waals surface area contributed by atoms with Gasteiger partial charge in [-0.05, 0) is 35.9 Å². The largest absolute Gasteiger partial charge is 0.493 e. The summed E-state index contributed by atoms with van der Waals surface area (Å²) in [5, 5.41) is 13.2. The maximum Gasteiger partial charge on any atom is 0.279 e. The molecule has 1 aliphatic heterocycles. The fourth-order valence-corrected chi connectivity index (χ4v) is 3.76. The van der Waals surface area contributed by atoms with Gasteiger partial charge in [-0.2, -0.15) is 0 Å². The van der Waals surface area contributed by atoms with Gasteiger partial charge in [-0.25, -0.2) is 9.67 Å². The fourth-order valence-electron chi connectivity index (χ4n) is 3.05. The van der Waals surface area contributed by atoms with Crippen molar-refractivity contribution in [1.29, 1.82) is 0 Å². The number of benzene rings is 2. The molecule has 0 atom stereocenters. The van der Waals surface area contributed by atoms with E-state index in [4.69, 9.17) is 4.74 Å². The summed E-state index contributed by atoms with van der Waals surface area (Å²) in [7, 11) is 0. The number of fused-ring (bicyclic) bond motifs is 1. The third-order valence-electron chi connectivity index (χ3n) is 4.46. The number of para-hydroxylation sites is 1. The number of carbonyl (C=O) groups excluding carboxylic acids is 1. The summed E-state index contributed by atoms with van der Waals surface area (Å²) in [6, 6.07) is 15.6. The number of aromatic nitrogens is 4. The number of ether oxygens (including phenoxy) is 1. The van der Waals surface area contributed by atoms with Crippen LogP contribution in [0.1, 0.15) is 16.1 Å². The number of hydrogen-bond acceptors (Lipinski definition) is 6. The van der Waals surface area contributed by atoms with Crippen molar-refractivity contribution < 1.29 is 9.53 Å². The molecule has 7 nitrogen and oxygen atoms in total. The van der Waals surface area contributed by atoms with Gasteiger partial charge in [-0.3, -0.25) is 10.1 Å². The minimum absolute atomic E-state index is 0.232. The standard InChI is InChI=1S/C20H15N5O2S/c26-19(16-11-25(24-23-16)15-4-2-1-3-5-15)22-20-21-17(12-28-20)13-6-7-18-14(10-13)8-9-27-18/h1-7,10-12H,8-9H2,(H,21,22,26). The molecule has 0 spiro atoms. The summed E-state index contributed by atoms with van der Waals surface area (Å²) in [5.41, 5.74) is 4.09. The van der Waals surface area contributed by atoms with Crippen LogP contribution in [0.2, 0.25) is 0 Å².